The maximum Gasteiger partial charge on any atom is 0.0146 e. The van der Waals surface area contributed by atoms with Crippen LogP contribution in [0.3, 0.4) is 0 Å². The average molecular weight is 703 g/mol. The van der Waals surface area contributed by atoms with Crippen molar-refractivity contribution >= 4 is 47.0 Å². The van der Waals surface area contributed by atoms with Crippen LogP contribution in [0.2, 0.25) is 0 Å². The van der Waals surface area contributed by atoms with Crippen LogP contribution in [-0.4, -0.2) is 43.9 Å². The number of rotatable bonds is 6. The molecule has 0 N–H and O–H groups in total. The fraction of sp³-hybridized carbons (Fsp3) is 0.364. The normalized spacial score (nSPS) is 13.8. The van der Waals surface area contributed by atoms with Gasteiger partial charge in [-0.15, -0.1) is 0 Å². The van der Waals surface area contributed by atoms with E-state index in [-0.39, 0.29) is 11.8 Å². The molecule has 1 unspecified atom stereocenters. The smallest absolute Gasteiger partial charge is 0.0146 e. The van der Waals surface area contributed by atoms with Gasteiger partial charge in [-0.3, -0.25) is 0 Å². The van der Waals surface area contributed by atoms with Gasteiger partial charge in [-0.05, 0) is 63.8 Å². The van der Waals surface area contributed by atoms with E-state index in [1.54, 1.807) is 29.5 Å². The Morgan fingerprint density at radius 2 is 1.38 bits per heavy atom. The van der Waals surface area contributed by atoms with Gasteiger partial charge in [0.1, 0.15) is 0 Å². The summed E-state index contributed by atoms with van der Waals surface area (Å²) in [5.74, 6) is -0.749. The van der Waals surface area contributed by atoms with E-state index < -0.39 is 19.6 Å². The van der Waals surface area contributed by atoms with E-state index in [9.17, 15) is 9.18 Å². The van der Waals surface area contributed by atoms with Gasteiger partial charge in [0.25, 0.3) is 0 Å². The van der Waals surface area contributed by atoms with Gasteiger partial charge in [-0.2, -0.15) is 6.67 Å². The quantitative estimate of drug-likeness (QED) is 0.149. The van der Waals surface area contributed by atoms with Crippen LogP contribution >= 0.6 is 19.4 Å². The van der Waals surface area contributed by atoms with Gasteiger partial charge >= 0.3 is 125 Å². The number of ether oxygens (including phenoxy) is 1. The van der Waals surface area contributed by atoms with Crippen LogP contribution in [0, 0.1) is 54.0 Å². The number of likely N-dealkylation sites (N-methyl/N-ethyl adjacent to an activating group) is 1. The summed E-state index contributed by atoms with van der Waals surface area (Å²) in [5.41, 5.74) is 12.1. The minimum absolute atomic E-state index is 0.372. The summed E-state index contributed by atoms with van der Waals surface area (Å²) in [6, 6.07) is 12.9. The Morgan fingerprint density at radius 3 is 1.79 bits per heavy atom. The molecule has 0 aliphatic carbocycles. The first-order chi connectivity index (χ1) is 19.7. The summed E-state index contributed by atoms with van der Waals surface area (Å²) in [6.07, 6.45) is 0. The first kappa shape index (κ1) is 34.0. The second-order valence-corrected chi connectivity index (χ2v) is 16.5. The number of carbonyl (C=O) groups is 1. The van der Waals surface area contributed by atoms with Crippen molar-refractivity contribution in [3.63, 3.8) is 0 Å². The van der Waals surface area contributed by atoms with Crippen molar-refractivity contribution in [2.45, 2.75) is 54.5 Å². The number of benzene rings is 3. The maximum absolute atomic E-state index is 13.3. The van der Waals surface area contributed by atoms with E-state index in [2.05, 4.69) is 82.3 Å². The van der Waals surface area contributed by atoms with Crippen LogP contribution in [0.4, 0.5) is 21.5 Å². The number of hydrogen-bond acceptors (Lipinski definition) is 5. The molecule has 9 heteroatoms. The molecule has 0 amide bonds. The zero-order chi connectivity index (χ0) is 31.3. The standard InChI is InChI=1S/C21H27N2.C12H14FNO2.2ClH.Ru/c1-14-9-16(3)20(17(4)10-14)22-7-8-23(13-22)21-18(5)11-15(2)12-19(21)6;1-8-7-10(13)5-6-11(8)14(3)9(2)12(15)16-4;;;/h9-13H,7-8H2,1-6H3;1,5-7,9H,2-4H3;2*1H;/q-1;;;;+2/p-2. The van der Waals surface area contributed by atoms with E-state index in [0.29, 0.717) is 11.3 Å². The average Bonchev–Trinajstić information content (AvgIpc) is 3.35. The molecule has 3 aromatic rings. The van der Waals surface area contributed by atoms with E-state index >= 15 is 0 Å². The van der Waals surface area contributed by atoms with Crippen molar-refractivity contribution in [2.24, 2.45) is 0 Å². The summed E-state index contributed by atoms with van der Waals surface area (Å²) in [7, 11) is 14.7. The molecule has 1 aliphatic rings. The SMILES string of the molecule is COC(=O)C(C)N(C)c1ccc(F)cc1[CH]=[Ru]([Cl])[Cl].Cc1cc(C)c(N2[CH-]N(c3c(C)cc(C)cc3C)CC2)c(C)c1. The van der Waals surface area contributed by atoms with Crippen molar-refractivity contribution < 1.29 is 27.4 Å². The van der Waals surface area contributed by atoms with Crippen LogP contribution in [0.15, 0.2) is 42.5 Å². The third-order valence-corrected chi connectivity index (χ3v) is 9.22. The van der Waals surface area contributed by atoms with Gasteiger partial charge in [-0.1, -0.05) is 35.4 Å². The third-order valence-electron chi connectivity index (χ3n) is 7.39. The Bertz CT molecular complexity index is 1370. The number of carbonyl (C=O) groups excluding carboxylic acids is 1. The van der Waals surface area contributed by atoms with Crippen LogP contribution in [0.25, 0.3) is 0 Å². The molecule has 3 aromatic carbocycles. The van der Waals surface area contributed by atoms with Gasteiger partial charge in [-0.25, -0.2) is 0 Å². The summed E-state index contributed by atoms with van der Waals surface area (Å²) < 4.78 is 19.6. The molecule has 0 saturated carbocycles. The molecule has 0 aromatic heterocycles. The number of methoxy groups -OCH3 is 1. The molecule has 5 nitrogen and oxygen atoms in total. The molecule has 1 saturated heterocycles. The molecule has 1 atom stereocenters. The molecule has 0 radical (unpaired) electrons. The minimum Gasteiger partial charge on any atom is -0.502 e. The number of anilines is 3. The molecule has 1 heterocycles. The van der Waals surface area contributed by atoms with Gasteiger partial charge in [0, 0.05) is 24.5 Å². The first-order valence-electron chi connectivity index (χ1n) is 13.7. The molecule has 1 fully saturated rings. The molecule has 4 rings (SSSR count). The zero-order valence-electron chi connectivity index (χ0n) is 25.8. The Balaban J connectivity index is 0.000000236. The van der Waals surface area contributed by atoms with Crippen LogP contribution in [0.1, 0.15) is 45.9 Å². The van der Waals surface area contributed by atoms with E-state index in [1.165, 1.54) is 64.0 Å². The number of esters is 1. The Labute approximate surface area is 263 Å². The maximum atomic E-state index is 13.3. The van der Waals surface area contributed by atoms with Gasteiger partial charge in [0.05, 0.1) is 0 Å². The number of halogens is 3. The first-order valence-corrected chi connectivity index (χ1v) is 19.2. The number of nitrogens with zero attached hydrogens (tertiary/aromatic N) is 3. The molecular weight excluding hydrogens is 661 g/mol. The van der Waals surface area contributed by atoms with E-state index in [4.69, 9.17) is 24.1 Å². The predicted octanol–water partition coefficient (Wildman–Crippen LogP) is 7.88. The molecular formula is C33H41Cl2FN3O2Ru-. The minimum atomic E-state index is -2.08. The van der Waals surface area contributed by atoms with Gasteiger partial charge in [0.15, 0.2) is 0 Å². The fourth-order valence-electron chi connectivity index (χ4n) is 5.64. The second kappa shape index (κ2) is 14.8. The summed E-state index contributed by atoms with van der Waals surface area (Å²) >= 11 is -2.08. The van der Waals surface area contributed by atoms with Crippen molar-refractivity contribution in [1.82, 2.24) is 0 Å². The fourth-order valence-corrected chi connectivity index (χ4v) is 7.43. The molecule has 42 heavy (non-hydrogen) atoms. The van der Waals surface area contributed by atoms with Crippen LogP contribution in [-0.2, 0) is 23.0 Å². The van der Waals surface area contributed by atoms with Gasteiger partial charge < -0.3 is 9.80 Å². The Morgan fingerprint density at radius 1 is 0.929 bits per heavy atom. The second-order valence-electron chi connectivity index (χ2n) is 10.8. The van der Waals surface area contributed by atoms with E-state index in [1.807, 2.05) is 0 Å². The molecule has 230 valence electrons. The summed E-state index contributed by atoms with van der Waals surface area (Å²) in [5, 5.41) is 0. The molecule has 0 spiro atoms. The summed E-state index contributed by atoms with van der Waals surface area (Å²) in [6.45, 7) is 19.3. The third kappa shape index (κ3) is 8.33. The summed E-state index contributed by atoms with van der Waals surface area (Å²) in [4.78, 5) is 18.0. The Kier molecular flexibility index (Phi) is 12.0. The van der Waals surface area contributed by atoms with E-state index in [0.717, 1.165) is 13.1 Å². The van der Waals surface area contributed by atoms with Gasteiger partial charge in [0.2, 0.25) is 0 Å². The van der Waals surface area contributed by atoms with Crippen LogP contribution in [0.5, 0.6) is 0 Å². The van der Waals surface area contributed by atoms with Crippen molar-refractivity contribution in [3.05, 3.63) is 93.9 Å². The number of aryl methyl sites for hydroxylation is 6. The van der Waals surface area contributed by atoms with Crippen molar-refractivity contribution in [1.29, 1.82) is 0 Å². The monoisotopic (exact) mass is 702 g/mol. The largest absolute Gasteiger partial charge is 0.502 e. The van der Waals surface area contributed by atoms with Crippen molar-refractivity contribution in [3.8, 4) is 0 Å². The predicted molar refractivity (Wildman–Crippen MR) is 173 cm³/mol. The molecule has 1 aliphatic heterocycles. The molecule has 0 bridgehead atoms. The Hall–Kier alpha value is -2.47. The van der Waals surface area contributed by atoms with Crippen molar-refractivity contribution in [2.75, 3.05) is 41.9 Å². The number of hydrogen-bond donors (Lipinski definition) is 0. The topological polar surface area (TPSA) is 36.0 Å². The van der Waals surface area contributed by atoms with Crippen LogP contribution < -0.4 is 14.7 Å². The zero-order valence-corrected chi connectivity index (χ0v) is 29.1.